The molecule has 2 aromatic rings. The van der Waals surface area contributed by atoms with Gasteiger partial charge < -0.3 is 4.74 Å². The maximum Gasteiger partial charge on any atom is 0.127 e. The average Bonchev–Trinajstić information content (AvgIpc) is 3.41. The van der Waals surface area contributed by atoms with Crippen LogP contribution in [-0.2, 0) is 6.54 Å². The first-order valence-electron chi connectivity index (χ1n) is 7.86. The standard InChI is InChI=1S/C19H19FN2O/c20-19-4-2-1-3-16(19)14-22(17-7-8-17)11-12-23-18-9-5-15(13-21)6-10-18/h1-6,9-10,17H,7-8,11-12,14H2. The Balaban J connectivity index is 1.54. The lowest BCUT2D eigenvalue weighted by Gasteiger charge is -2.22. The summed E-state index contributed by atoms with van der Waals surface area (Å²) < 4.78 is 19.5. The van der Waals surface area contributed by atoms with Gasteiger partial charge in [0.05, 0.1) is 11.6 Å². The summed E-state index contributed by atoms with van der Waals surface area (Å²) >= 11 is 0. The van der Waals surface area contributed by atoms with Gasteiger partial charge in [0.1, 0.15) is 18.2 Å². The Morgan fingerprint density at radius 2 is 1.87 bits per heavy atom. The smallest absolute Gasteiger partial charge is 0.127 e. The normalized spacial score (nSPS) is 13.8. The summed E-state index contributed by atoms with van der Waals surface area (Å²) in [6.07, 6.45) is 2.34. The van der Waals surface area contributed by atoms with Crippen molar-refractivity contribution >= 4 is 0 Å². The van der Waals surface area contributed by atoms with E-state index >= 15 is 0 Å². The van der Waals surface area contributed by atoms with Gasteiger partial charge in [-0.1, -0.05) is 18.2 Å². The van der Waals surface area contributed by atoms with Crippen LogP contribution in [0.2, 0.25) is 0 Å². The van der Waals surface area contributed by atoms with E-state index in [2.05, 4.69) is 11.0 Å². The molecule has 0 aliphatic heterocycles. The van der Waals surface area contributed by atoms with E-state index in [4.69, 9.17) is 10.00 Å². The summed E-state index contributed by atoms with van der Waals surface area (Å²) in [6.45, 7) is 1.93. The Labute approximate surface area is 135 Å². The molecule has 3 nitrogen and oxygen atoms in total. The van der Waals surface area contributed by atoms with Gasteiger partial charge in [-0.2, -0.15) is 5.26 Å². The fourth-order valence-electron chi connectivity index (χ4n) is 2.58. The molecular weight excluding hydrogens is 291 g/mol. The molecule has 0 amide bonds. The Bertz CT molecular complexity index is 689. The van der Waals surface area contributed by atoms with Crippen molar-refractivity contribution in [1.82, 2.24) is 4.90 Å². The molecule has 1 aliphatic carbocycles. The lowest BCUT2D eigenvalue weighted by Crippen LogP contribution is -2.30. The molecule has 1 aliphatic rings. The third-order valence-electron chi connectivity index (χ3n) is 4.03. The number of halogens is 1. The lowest BCUT2D eigenvalue weighted by molar-refractivity contribution is 0.193. The van der Waals surface area contributed by atoms with Crippen molar-refractivity contribution in [3.63, 3.8) is 0 Å². The molecule has 0 radical (unpaired) electrons. The SMILES string of the molecule is N#Cc1ccc(OCCN(Cc2ccccc2F)C2CC2)cc1. The monoisotopic (exact) mass is 310 g/mol. The molecule has 4 heteroatoms. The summed E-state index contributed by atoms with van der Waals surface area (Å²) in [7, 11) is 0. The Kier molecular flexibility index (Phi) is 4.89. The fraction of sp³-hybridized carbons (Fsp3) is 0.316. The number of nitrogens with zero attached hydrogens (tertiary/aromatic N) is 2. The Morgan fingerprint density at radius 3 is 2.52 bits per heavy atom. The summed E-state index contributed by atoms with van der Waals surface area (Å²) in [6, 6.07) is 16.7. The molecule has 1 saturated carbocycles. The van der Waals surface area contributed by atoms with Crippen molar-refractivity contribution in [3.05, 3.63) is 65.5 Å². The van der Waals surface area contributed by atoms with E-state index in [1.807, 2.05) is 12.1 Å². The van der Waals surface area contributed by atoms with Gasteiger partial charge in [0.2, 0.25) is 0 Å². The van der Waals surface area contributed by atoms with Crippen LogP contribution < -0.4 is 4.74 Å². The second-order valence-corrected chi connectivity index (χ2v) is 5.78. The van der Waals surface area contributed by atoms with E-state index in [-0.39, 0.29) is 5.82 Å². The molecule has 2 aromatic carbocycles. The molecule has 0 bridgehead atoms. The minimum Gasteiger partial charge on any atom is -0.492 e. The Morgan fingerprint density at radius 1 is 1.13 bits per heavy atom. The van der Waals surface area contributed by atoms with Gasteiger partial charge in [-0.3, -0.25) is 4.90 Å². The van der Waals surface area contributed by atoms with Crippen molar-refractivity contribution in [2.45, 2.75) is 25.4 Å². The minimum atomic E-state index is -0.147. The molecule has 0 atom stereocenters. The van der Waals surface area contributed by atoms with E-state index in [0.717, 1.165) is 17.9 Å². The first-order chi connectivity index (χ1) is 11.3. The van der Waals surface area contributed by atoms with Crippen LogP contribution in [0.3, 0.4) is 0 Å². The molecule has 118 valence electrons. The van der Waals surface area contributed by atoms with Gasteiger partial charge in [-0.15, -0.1) is 0 Å². The van der Waals surface area contributed by atoms with Gasteiger partial charge in [-0.05, 0) is 43.2 Å². The third-order valence-corrected chi connectivity index (χ3v) is 4.03. The maximum atomic E-state index is 13.8. The first kappa shape index (κ1) is 15.5. The predicted molar refractivity (Wildman–Crippen MR) is 86.5 cm³/mol. The van der Waals surface area contributed by atoms with Crippen LogP contribution >= 0.6 is 0 Å². The van der Waals surface area contributed by atoms with Gasteiger partial charge in [0.15, 0.2) is 0 Å². The molecule has 0 spiro atoms. The average molecular weight is 310 g/mol. The van der Waals surface area contributed by atoms with E-state index in [0.29, 0.717) is 24.8 Å². The molecule has 0 saturated heterocycles. The highest BCUT2D eigenvalue weighted by atomic mass is 19.1. The van der Waals surface area contributed by atoms with Crippen molar-refractivity contribution in [3.8, 4) is 11.8 Å². The predicted octanol–water partition coefficient (Wildman–Crippen LogP) is 3.74. The molecule has 3 rings (SSSR count). The highest BCUT2D eigenvalue weighted by Gasteiger charge is 2.29. The van der Waals surface area contributed by atoms with Gasteiger partial charge in [-0.25, -0.2) is 4.39 Å². The number of nitriles is 1. The van der Waals surface area contributed by atoms with E-state index < -0.39 is 0 Å². The number of benzene rings is 2. The van der Waals surface area contributed by atoms with Crippen molar-refractivity contribution in [2.75, 3.05) is 13.2 Å². The minimum absolute atomic E-state index is 0.147. The zero-order chi connectivity index (χ0) is 16.1. The van der Waals surface area contributed by atoms with Gasteiger partial charge in [0.25, 0.3) is 0 Å². The number of rotatable bonds is 7. The van der Waals surface area contributed by atoms with Crippen LogP contribution in [0.4, 0.5) is 4.39 Å². The van der Waals surface area contributed by atoms with Crippen LogP contribution in [0, 0.1) is 17.1 Å². The second-order valence-electron chi connectivity index (χ2n) is 5.78. The van der Waals surface area contributed by atoms with Crippen LogP contribution in [0.1, 0.15) is 24.0 Å². The van der Waals surface area contributed by atoms with Gasteiger partial charge >= 0.3 is 0 Å². The third kappa shape index (κ3) is 4.30. The summed E-state index contributed by atoms with van der Waals surface area (Å²) in [5.74, 6) is 0.608. The molecule has 0 aromatic heterocycles. The van der Waals surface area contributed by atoms with E-state index in [1.54, 1.807) is 30.3 Å². The molecule has 0 unspecified atom stereocenters. The highest BCUT2D eigenvalue weighted by molar-refractivity contribution is 5.34. The highest BCUT2D eigenvalue weighted by Crippen LogP contribution is 2.28. The van der Waals surface area contributed by atoms with Crippen LogP contribution in [0.25, 0.3) is 0 Å². The van der Waals surface area contributed by atoms with E-state index in [1.165, 1.54) is 18.9 Å². The zero-order valence-electron chi connectivity index (χ0n) is 12.9. The van der Waals surface area contributed by atoms with E-state index in [9.17, 15) is 4.39 Å². The van der Waals surface area contributed by atoms with Crippen molar-refractivity contribution in [2.24, 2.45) is 0 Å². The summed E-state index contributed by atoms with van der Waals surface area (Å²) in [5, 5.41) is 8.78. The molecule has 0 N–H and O–H groups in total. The number of hydrogen-bond acceptors (Lipinski definition) is 3. The molecule has 1 fully saturated rings. The molecule has 23 heavy (non-hydrogen) atoms. The van der Waals surface area contributed by atoms with Gasteiger partial charge in [0, 0.05) is 24.7 Å². The Hall–Kier alpha value is -2.38. The topological polar surface area (TPSA) is 36.3 Å². The van der Waals surface area contributed by atoms with Crippen LogP contribution in [0.15, 0.2) is 48.5 Å². The van der Waals surface area contributed by atoms with Crippen LogP contribution in [-0.4, -0.2) is 24.1 Å². The van der Waals surface area contributed by atoms with Crippen molar-refractivity contribution < 1.29 is 9.13 Å². The molecule has 0 heterocycles. The maximum absolute atomic E-state index is 13.8. The number of hydrogen-bond donors (Lipinski definition) is 0. The van der Waals surface area contributed by atoms with Crippen molar-refractivity contribution in [1.29, 1.82) is 5.26 Å². The fourth-order valence-corrected chi connectivity index (χ4v) is 2.58. The summed E-state index contributed by atoms with van der Waals surface area (Å²) in [4.78, 5) is 2.28. The quantitative estimate of drug-likeness (QED) is 0.781. The first-order valence-corrected chi connectivity index (χ1v) is 7.86. The lowest BCUT2D eigenvalue weighted by atomic mass is 10.2. The molecular formula is C19H19FN2O. The second kappa shape index (κ2) is 7.26. The van der Waals surface area contributed by atoms with Crippen LogP contribution in [0.5, 0.6) is 5.75 Å². The zero-order valence-corrected chi connectivity index (χ0v) is 12.9. The summed E-state index contributed by atoms with van der Waals surface area (Å²) in [5.41, 5.74) is 1.36. The number of ether oxygens (including phenoxy) is 1. The largest absolute Gasteiger partial charge is 0.492 e.